The minimum absolute atomic E-state index is 0.00924. The topological polar surface area (TPSA) is 729 Å². The van der Waals surface area contributed by atoms with Crippen LogP contribution in [0.2, 0.25) is 0 Å². The molecule has 26 N–H and O–H groups in total. The number of carboxylic acids is 4. The zero-order valence-corrected chi connectivity index (χ0v) is 79.3. The summed E-state index contributed by atoms with van der Waals surface area (Å²) in [6, 6.07) is -15.5. The molecule has 0 fully saturated rings. The molecule has 0 spiro atoms. The van der Waals surface area contributed by atoms with Crippen LogP contribution in [0.5, 0.6) is 0 Å². The van der Waals surface area contributed by atoms with Crippen LogP contribution in [-0.4, -0.2) is 306 Å². The van der Waals surface area contributed by atoms with Crippen LogP contribution in [0.25, 0.3) is 10.9 Å². The molecule has 16 amide bonds. The van der Waals surface area contributed by atoms with Crippen LogP contribution < -0.4 is 96.5 Å². The molecular formula is C84H135N19O27S3. The molecule has 2 rings (SSSR count). The molecule has 0 aliphatic carbocycles. The monoisotopic (exact) mass is 1940 g/mol. The number of nitrogens with one attached hydrogen (secondary N) is 16. The van der Waals surface area contributed by atoms with Crippen molar-refractivity contribution in [1.82, 2.24) is 89.6 Å². The first-order valence-electron chi connectivity index (χ1n) is 43.7. The molecule has 1 aromatic carbocycles. The van der Waals surface area contributed by atoms with E-state index < -0.39 is 248 Å². The number of rotatable bonds is 68. The van der Waals surface area contributed by atoms with E-state index in [9.17, 15) is 131 Å². The number of para-hydroxylation sites is 1. The van der Waals surface area contributed by atoms with Gasteiger partial charge in [0, 0.05) is 62.7 Å². The van der Waals surface area contributed by atoms with Crippen molar-refractivity contribution in [1.29, 1.82) is 0 Å². The highest BCUT2D eigenvalue weighted by Crippen LogP contribution is 2.24. The summed E-state index contributed by atoms with van der Waals surface area (Å²) in [6.07, 6.45) is 0.660. The highest BCUT2D eigenvalue weighted by molar-refractivity contribution is 7.99. The van der Waals surface area contributed by atoms with E-state index in [0.29, 0.717) is 29.3 Å². The van der Waals surface area contributed by atoms with Crippen molar-refractivity contribution in [3.63, 3.8) is 0 Å². The van der Waals surface area contributed by atoms with Gasteiger partial charge in [-0.3, -0.25) is 100 Å². The number of aliphatic hydroxyl groups is 2. The highest BCUT2D eigenvalue weighted by atomic mass is 32.2. The van der Waals surface area contributed by atoms with Crippen molar-refractivity contribution in [3.8, 4) is 0 Å². The number of unbranched alkanes of at least 4 members (excludes halogenated alkanes) is 3. The fourth-order valence-corrected chi connectivity index (χ4v) is 15.2. The van der Waals surface area contributed by atoms with Crippen molar-refractivity contribution in [2.24, 2.45) is 35.1 Å². The number of nitrogens with zero attached hydrogens (tertiary/aromatic N) is 1. The van der Waals surface area contributed by atoms with Crippen molar-refractivity contribution < 1.29 is 131 Å². The second-order valence-electron chi connectivity index (χ2n) is 32.7. The number of aromatic nitrogens is 1. The number of nitrogens with two attached hydrogens (primary N) is 2. The van der Waals surface area contributed by atoms with Crippen LogP contribution in [0.1, 0.15) is 178 Å². The van der Waals surface area contributed by atoms with E-state index in [1.165, 1.54) is 36.4 Å². The van der Waals surface area contributed by atoms with Gasteiger partial charge >= 0.3 is 23.9 Å². The highest BCUT2D eigenvalue weighted by Gasteiger charge is 2.40. The Labute approximate surface area is 783 Å². The normalized spacial score (nSPS) is 14.8. The lowest BCUT2D eigenvalue weighted by atomic mass is 9.94. The first kappa shape index (κ1) is 118. The number of amides is 16. The lowest BCUT2D eigenvalue weighted by molar-refractivity contribution is -0.143. The number of benzene rings is 1. The van der Waals surface area contributed by atoms with Gasteiger partial charge in [0.05, 0.1) is 49.4 Å². The summed E-state index contributed by atoms with van der Waals surface area (Å²) in [5.41, 5.74) is 12.6. The van der Waals surface area contributed by atoms with Crippen molar-refractivity contribution in [2.75, 3.05) is 61.6 Å². The van der Waals surface area contributed by atoms with Gasteiger partial charge in [-0.2, -0.15) is 11.8 Å². The van der Waals surface area contributed by atoms with Crippen molar-refractivity contribution in [2.45, 2.75) is 263 Å². The second-order valence-corrected chi connectivity index (χ2v) is 35.8. The van der Waals surface area contributed by atoms with Crippen LogP contribution in [0.15, 0.2) is 30.5 Å². The van der Waals surface area contributed by atoms with Crippen LogP contribution in [0.4, 0.5) is 0 Å². The standard InChI is InChI=1S/C84H135N19O27S3/c1-12-46(7)69(82(127)97-60(84(129)130)33-50-36-103(43-106)64-23-17-16-21-51(50)64)102-83(128)70(47(8)13-2)101-79(124)59(35-68(114)115)96-76(121)56(31-44(3)4)90-65(109)24-15-14-20-29-87-72(117)63(40-133-42-89-49(10)108)100-74(119)54(25-26-66(110)111)92-73(118)53(22-18-19-28-85)91-78(123)58(34-67(112)113)95-75(120)55(27-30-131-11)93-77(122)57(32-45(5)6)94-80(125)62(38-105)99-81(126)61(37-104)98-71(116)52(86)39-132-41-88-48(9)107/h16-17,21,23,36,43-47,52-63,69-70,104-105H,12-15,18-20,22,24-35,37-42,85-86H2,1-11H3,(H,87,117)(H,88,107)(H,89,108)(H,90,109)(H,91,123)(H,92,118)(H,93,122)(H,94,125)(H,95,120)(H,96,121)(H,97,127)(H,98,116)(H,99,126)(H,100,119)(H,101,124)(H,102,128)(H,110,111)(H,112,113)(H,114,115)(H,129,130)/t46-,47-,52-,53-,54-,55-,56-,57-,58-,59-,60-,61-,62-,63-,69-,70-/m0/s1. The Hall–Kier alpha value is -11.3. The van der Waals surface area contributed by atoms with Crippen molar-refractivity contribution in [3.05, 3.63) is 36.0 Å². The molecular weight excluding hydrogens is 1800 g/mol. The van der Waals surface area contributed by atoms with Gasteiger partial charge in [0.1, 0.15) is 78.5 Å². The number of hydrogen-bond donors (Lipinski definition) is 24. The number of aliphatic carboxylic acids is 4. The number of aliphatic hydroxyl groups excluding tert-OH is 2. The van der Waals surface area contributed by atoms with E-state index in [0.717, 1.165) is 23.5 Å². The number of thioether (sulfide) groups is 3. The van der Waals surface area contributed by atoms with E-state index in [1.54, 1.807) is 85.9 Å². The number of carbonyl (C=O) groups is 21. The molecule has 0 aliphatic rings. The summed E-state index contributed by atoms with van der Waals surface area (Å²) in [4.78, 5) is 280. The van der Waals surface area contributed by atoms with E-state index in [1.807, 2.05) is 0 Å². The molecule has 16 atom stereocenters. The number of fused-ring (bicyclic) bond motifs is 1. The lowest BCUT2D eigenvalue weighted by Crippen LogP contribution is -2.61. The Balaban J connectivity index is 2.33. The van der Waals surface area contributed by atoms with Crippen LogP contribution in [0.3, 0.4) is 0 Å². The summed E-state index contributed by atoms with van der Waals surface area (Å²) in [5.74, 6) is -22.9. The third-order valence-electron chi connectivity index (χ3n) is 20.8. The molecule has 2 aromatic rings. The summed E-state index contributed by atoms with van der Waals surface area (Å²) < 4.78 is 1.27. The van der Waals surface area contributed by atoms with E-state index in [4.69, 9.17) is 11.5 Å². The van der Waals surface area contributed by atoms with Crippen LogP contribution in [0, 0.1) is 23.7 Å². The molecule has 0 aliphatic heterocycles. The Morgan fingerprint density at radius 3 is 1.33 bits per heavy atom. The van der Waals surface area contributed by atoms with Gasteiger partial charge in [0.25, 0.3) is 0 Å². The predicted octanol–water partition coefficient (Wildman–Crippen LogP) is -3.87. The minimum Gasteiger partial charge on any atom is -0.481 e. The van der Waals surface area contributed by atoms with Crippen LogP contribution in [-0.2, 0) is 107 Å². The van der Waals surface area contributed by atoms with Gasteiger partial charge in [-0.05, 0) is 112 Å². The Morgan fingerprint density at radius 2 is 0.857 bits per heavy atom. The fourth-order valence-electron chi connectivity index (χ4n) is 13.0. The first-order chi connectivity index (χ1) is 62.8. The van der Waals surface area contributed by atoms with Gasteiger partial charge in [0.2, 0.25) is 101 Å². The smallest absolute Gasteiger partial charge is 0.326 e. The van der Waals surface area contributed by atoms with E-state index in [2.05, 4.69) is 85.1 Å². The number of hydrogen-bond acceptors (Lipinski definition) is 28. The van der Waals surface area contributed by atoms with Crippen molar-refractivity contribution >= 4 is 171 Å². The molecule has 746 valence electrons. The quantitative estimate of drug-likeness (QED) is 0.0171. The molecule has 0 saturated heterocycles. The first-order valence-corrected chi connectivity index (χ1v) is 47.4. The maximum Gasteiger partial charge on any atom is 0.326 e. The molecule has 133 heavy (non-hydrogen) atoms. The Bertz CT molecular complexity index is 4260. The van der Waals surface area contributed by atoms with Crippen LogP contribution >= 0.6 is 35.3 Å². The zero-order chi connectivity index (χ0) is 100. The fraction of sp³-hybridized carbons (Fsp3) is 0.655. The molecule has 0 radical (unpaired) electrons. The minimum atomic E-state index is -2.01. The largest absolute Gasteiger partial charge is 0.481 e. The number of carboxylic acid groups (broad SMARTS) is 4. The van der Waals surface area contributed by atoms with E-state index >= 15 is 0 Å². The van der Waals surface area contributed by atoms with Gasteiger partial charge in [-0.25, -0.2) is 4.79 Å². The molecule has 0 saturated carbocycles. The average Bonchev–Trinajstić information content (AvgIpc) is 1.65. The maximum absolute atomic E-state index is 14.5. The summed E-state index contributed by atoms with van der Waals surface area (Å²) in [7, 11) is 0. The summed E-state index contributed by atoms with van der Waals surface area (Å²) in [5, 5.41) is 100. The molecule has 1 heterocycles. The summed E-state index contributed by atoms with van der Waals surface area (Å²) in [6.45, 7) is 13.9. The lowest BCUT2D eigenvalue weighted by Gasteiger charge is -2.30. The third-order valence-corrected chi connectivity index (χ3v) is 23.3. The average molecular weight is 1940 g/mol. The molecule has 0 bridgehead atoms. The Kier molecular flexibility index (Phi) is 55.8. The van der Waals surface area contributed by atoms with Gasteiger partial charge in [-0.1, -0.05) is 92.9 Å². The van der Waals surface area contributed by atoms with E-state index in [-0.39, 0.29) is 137 Å². The zero-order valence-electron chi connectivity index (χ0n) is 76.8. The molecule has 46 nitrogen and oxygen atoms in total. The van der Waals surface area contributed by atoms with Gasteiger partial charge < -0.3 is 127 Å². The molecule has 1 aromatic heterocycles. The maximum atomic E-state index is 14.5. The third kappa shape index (κ3) is 44.9. The molecule has 0 unspecified atom stereocenters. The predicted molar refractivity (Wildman–Crippen MR) is 492 cm³/mol. The SMILES string of the molecule is CC[C@H](C)[C@H](NC(=O)[C@H](CC(=O)O)NC(=O)[C@H](CC(C)C)NC(=O)CCCCCNC(=O)[C@H](CSCNC(C)=O)NC(=O)[C@H](CCC(=O)O)NC(=O)[C@H](CCCCN)NC(=O)[C@H](CC(=O)O)NC(=O)[C@H](CCSC)NC(=O)[C@H](CC(C)C)NC(=O)[C@H](CO)NC(=O)[C@H](CO)NC(=O)[C@@H](N)CSCNC(C)=O)C(=O)N[C@H](C(=O)N[C@@H](Cc1cn(C=O)c2ccccc12)C(=O)O)[C@@H](C)CC. The second kappa shape index (κ2) is 63.0. The summed E-state index contributed by atoms with van der Waals surface area (Å²) >= 11 is 3.27. The number of carbonyl (C=O) groups excluding carboxylic acids is 17. The Morgan fingerprint density at radius 1 is 0.436 bits per heavy atom. The molecule has 49 heteroatoms. The van der Waals surface area contributed by atoms with Gasteiger partial charge in [-0.15, -0.1) is 23.5 Å². The van der Waals surface area contributed by atoms with Gasteiger partial charge in [0.15, 0.2) is 0 Å².